The molecule has 0 amide bonds. The monoisotopic (exact) mass is 234 g/mol. The van der Waals surface area contributed by atoms with Crippen LogP contribution in [0.4, 0.5) is 0 Å². The Labute approximate surface area is 150 Å². The Bertz CT molecular complexity index is 167. The Morgan fingerprint density at radius 2 is 1.60 bits per heavy atom. The summed E-state index contributed by atoms with van der Waals surface area (Å²) in [5.74, 6) is 0. The molecule has 0 aliphatic carbocycles. The molecule has 0 bridgehead atoms. The normalized spacial score (nSPS) is 9.70. The second kappa shape index (κ2) is 9.09. The van der Waals surface area contributed by atoms with Crippen molar-refractivity contribution in [2.75, 3.05) is 14.1 Å². The van der Waals surface area contributed by atoms with Crippen LogP contribution in [-0.2, 0) is 19.6 Å². The molecule has 0 fully saturated rings. The Kier molecular flexibility index (Phi) is 17.4. The zero-order valence-corrected chi connectivity index (χ0v) is 14.4. The molecule has 50 valence electrons. The summed E-state index contributed by atoms with van der Waals surface area (Å²) < 4.78 is 30.6. The summed E-state index contributed by atoms with van der Waals surface area (Å²) >= 11 is 0. The Hall–Kier alpha value is 3.52. The molecule has 4 nitrogen and oxygen atoms in total. The SMILES string of the molecule is CN(C)[S+]=S(=O)([O-])[O-].[K+].[K+]. The van der Waals surface area contributed by atoms with Crippen molar-refractivity contribution >= 4 is 19.6 Å². The summed E-state index contributed by atoms with van der Waals surface area (Å²) in [6, 6.07) is 0. The molecule has 0 unspecified atom stereocenters. The standard InChI is InChI=1S/C2H7NO3S2.2K/c1-3(2)7-8(4,5)6;;/h1-2H3,(H-,4,5,6);;/q;2*+1/p-1. The number of hydrogen-bond acceptors (Lipinski definition) is 3. The van der Waals surface area contributed by atoms with Gasteiger partial charge in [-0.2, -0.15) is 0 Å². The average Bonchev–Trinajstić information content (AvgIpc) is 1.21. The quantitative estimate of drug-likeness (QED) is 0.257. The fourth-order valence-corrected chi connectivity index (χ4v) is 1.64. The van der Waals surface area contributed by atoms with E-state index in [0.29, 0.717) is 0 Å². The molecule has 0 heterocycles. The van der Waals surface area contributed by atoms with Crippen molar-refractivity contribution in [3.63, 3.8) is 0 Å². The van der Waals surface area contributed by atoms with Crippen molar-refractivity contribution in [1.29, 1.82) is 0 Å². The molecule has 0 N–H and O–H groups in total. The maximum Gasteiger partial charge on any atom is 1.00 e. The van der Waals surface area contributed by atoms with Gasteiger partial charge in [0, 0.05) is 14.1 Å². The molecular weight excluding hydrogens is 228 g/mol. The van der Waals surface area contributed by atoms with Crippen LogP contribution in [0, 0.1) is 0 Å². The molecular formula is C2H6K2NO3S2+. The van der Waals surface area contributed by atoms with Crippen LogP contribution in [0.5, 0.6) is 0 Å². The third kappa shape index (κ3) is 17.6. The zero-order chi connectivity index (χ0) is 6.78. The topological polar surface area (TPSA) is 66.4 Å². The van der Waals surface area contributed by atoms with Gasteiger partial charge >= 0.3 is 113 Å². The van der Waals surface area contributed by atoms with Crippen LogP contribution in [0.15, 0.2) is 0 Å². The first-order chi connectivity index (χ1) is 3.42. The Morgan fingerprint density at radius 1 is 1.30 bits per heavy atom. The molecule has 0 aliphatic rings. The van der Waals surface area contributed by atoms with E-state index in [0.717, 1.165) is 0 Å². The molecule has 0 atom stereocenters. The van der Waals surface area contributed by atoms with Crippen LogP contribution < -0.4 is 103 Å². The van der Waals surface area contributed by atoms with Gasteiger partial charge in [0.25, 0.3) is 0 Å². The van der Waals surface area contributed by atoms with Gasteiger partial charge in [-0.25, -0.2) is 4.21 Å². The van der Waals surface area contributed by atoms with Crippen LogP contribution in [0.1, 0.15) is 0 Å². The van der Waals surface area contributed by atoms with Crippen LogP contribution in [-0.4, -0.2) is 31.7 Å². The van der Waals surface area contributed by atoms with Gasteiger partial charge < -0.3 is 9.11 Å². The van der Waals surface area contributed by atoms with Crippen molar-refractivity contribution in [3.05, 3.63) is 0 Å². The van der Waals surface area contributed by atoms with Gasteiger partial charge in [-0.05, 0) is 0 Å². The van der Waals surface area contributed by atoms with Gasteiger partial charge in [0.1, 0.15) is 0 Å². The number of nitrogens with zero attached hydrogens (tertiary/aromatic N) is 1. The van der Waals surface area contributed by atoms with Gasteiger partial charge in [0.15, 0.2) is 0 Å². The van der Waals surface area contributed by atoms with Crippen molar-refractivity contribution in [2.45, 2.75) is 0 Å². The second-order valence-corrected chi connectivity index (χ2v) is 4.66. The molecule has 0 aromatic rings. The first kappa shape index (κ1) is 19.2. The maximum atomic E-state index is 9.81. The minimum Gasteiger partial charge on any atom is -0.744 e. The number of hydrogen-bond donors (Lipinski definition) is 0. The predicted molar refractivity (Wildman–Crippen MR) is 30.7 cm³/mol. The smallest absolute Gasteiger partial charge is 0.744 e. The van der Waals surface area contributed by atoms with Crippen LogP contribution >= 0.6 is 0 Å². The van der Waals surface area contributed by atoms with Crippen LogP contribution in [0.2, 0.25) is 0 Å². The van der Waals surface area contributed by atoms with E-state index in [-0.39, 0.29) is 113 Å². The van der Waals surface area contributed by atoms with E-state index in [2.05, 4.69) is 0 Å². The van der Waals surface area contributed by atoms with E-state index in [1.54, 1.807) is 0 Å². The minimum atomic E-state index is -4.13. The van der Waals surface area contributed by atoms with Crippen LogP contribution in [0.25, 0.3) is 0 Å². The van der Waals surface area contributed by atoms with E-state index < -0.39 is 9.05 Å². The molecule has 0 saturated carbocycles. The van der Waals surface area contributed by atoms with E-state index in [4.69, 9.17) is 0 Å². The molecule has 0 aromatic carbocycles. The van der Waals surface area contributed by atoms with Gasteiger partial charge in [-0.1, -0.05) is 4.31 Å². The average molecular weight is 234 g/mol. The van der Waals surface area contributed by atoms with Crippen molar-refractivity contribution < 1.29 is 116 Å². The second-order valence-electron chi connectivity index (χ2n) is 1.30. The maximum absolute atomic E-state index is 9.81. The van der Waals surface area contributed by atoms with Gasteiger partial charge in [0.2, 0.25) is 0 Å². The van der Waals surface area contributed by atoms with E-state index in [1.165, 1.54) is 18.4 Å². The summed E-state index contributed by atoms with van der Waals surface area (Å²) in [7, 11) is -0.897. The summed E-state index contributed by atoms with van der Waals surface area (Å²) in [6.45, 7) is 0. The first-order valence-electron chi connectivity index (χ1n) is 1.74. The Morgan fingerprint density at radius 3 is 1.60 bits per heavy atom. The Balaban J connectivity index is -0.000000245. The molecule has 0 aliphatic heterocycles. The summed E-state index contributed by atoms with van der Waals surface area (Å²) in [6.07, 6.45) is 0. The molecule has 0 spiro atoms. The van der Waals surface area contributed by atoms with E-state index in [9.17, 15) is 13.3 Å². The largest absolute Gasteiger partial charge is 1.00 e. The molecule has 0 radical (unpaired) electrons. The third-order valence-electron chi connectivity index (χ3n) is 0.240. The first-order valence-corrected chi connectivity index (χ1v) is 4.44. The number of rotatable bonds is 1. The molecule has 10 heavy (non-hydrogen) atoms. The van der Waals surface area contributed by atoms with E-state index in [1.807, 2.05) is 0 Å². The minimum absolute atomic E-state index is 0. The van der Waals surface area contributed by atoms with Crippen molar-refractivity contribution in [2.24, 2.45) is 0 Å². The molecule has 0 saturated heterocycles. The summed E-state index contributed by atoms with van der Waals surface area (Å²) in [5.41, 5.74) is 0. The van der Waals surface area contributed by atoms with Crippen molar-refractivity contribution in [3.8, 4) is 0 Å². The fourth-order valence-electron chi connectivity index (χ4n) is 0.183. The third-order valence-corrected chi connectivity index (χ3v) is 2.16. The van der Waals surface area contributed by atoms with Gasteiger partial charge in [-0.3, -0.25) is 0 Å². The summed E-state index contributed by atoms with van der Waals surface area (Å²) in [5, 5.41) is 0. The van der Waals surface area contributed by atoms with Crippen LogP contribution in [0.3, 0.4) is 0 Å². The van der Waals surface area contributed by atoms with Gasteiger partial charge in [-0.15, -0.1) is 0 Å². The van der Waals surface area contributed by atoms with Crippen molar-refractivity contribution in [1.82, 2.24) is 4.31 Å². The molecule has 0 rings (SSSR count). The summed E-state index contributed by atoms with van der Waals surface area (Å²) in [4.78, 5) is 0. The predicted octanol–water partition coefficient (Wildman–Crippen LogP) is -6.99. The molecule has 8 heteroatoms. The fraction of sp³-hybridized carbons (Fsp3) is 1.00. The van der Waals surface area contributed by atoms with E-state index >= 15 is 0 Å². The van der Waals surface area contributed by atoms with Gasteiger partial charge in [0.05, 0.1) is 9.05 Å². The zero-order valence-electron chi connectivity index (χ0n) is 6.49. The molecule has 0 aromatic heterocycles.